The molecule has 5 aromatic rings. The third-order valence-corrected chi connectivity index (χ3v) is 7.49. The number of aromatic nitrogens is 5. The highest BCUT2D eigenvalue weighted by Crippen LogP contribution is 2.29. The van der Waals surface area contributed by atoms with Gasteiger partial charge >= 0.3 is 5.97 Å². The van der Waals surface area contributed by atoms with Gasteiger partial charge in [-0.2, -0.15) is 0 Å². The largest absolute Gasteiger partial charge is 0.477 e. The first kappa shape index (κ1) is 25.5. The molecule has 10 nitrogen and oxygen atoms in total. The molecule has 0 saturated carbocycles. The Morgan fingerprint density at radius 3 is 2.77 bits per heavy atom. The number of nitrogens with zero attached hydrogens (tertiary/aromatic N) is 6. The van der Waals surface area contributed by atoms with E-state index in [1.54, 1.807) is 42.7 Å². The zero-order valence-electron chi connectivity index (χ0n) is 21.0. The summed E-state index contributed by atoms with van der Waals surface area (Å²) in [5.74, 6) is -0.406. The predicted octanol–water partition coefficient (Wildman–Crippen LogP) is 5.30. The molecule has 1 saturated heterocycles. The van der Waals surface area contributed by atoms with Gasteiger partial charge in [0.25, 0.3) is 0 Å². The van der Waals surface area contributed by atoms with Crippen LogP contribution in [0, 0.1) is 12.4 Å². The molecular weight excluding hydrogens is 535 g/mol. The molecule has 1 aliphatic heterocycles. The molecule has 5 heterocycles. The van der Waals surface area contributed by atoms with Crippen molar-refractivity contribution in [2.45, 2.75) is 32.1 Å². The Labute approximate surface area is 231 Å². The van der Waals surface area contributed by atoms with Crippen LogP contribution < -0.4 is 4.74 Å². The average Bonchev–Trinajstić information content (AvgIpc) is 3.49. The summed E-state index contributed by atoms with van der Waals surface area (Å²) >= 11 is 1.15. The van der Waals surface area contributed by atoms with Crippen molar-refractivity contribution in [2.75, 3.05) is 6.61 Å². The zero-order chi connectivity index (χ0) is 27.6. The molecule has 4 aromatic heterocycles. The van der Waals surface area contributed by atoms with Gasteiger partial charge in [-0.05, 0) is 24.6 Å². The minimum atomic E-state index is -0.969. The van der Waals surface area contributed by atoms with Crippen molar-refractivity contribution < 1.29 is 23.8 Å². The van der Waals surface area contributed by atoms with Crippen LogP contribution in [0.5, 0.6) is 5.88 Å². The van der Waals surface area contributed by atoms with Gasteiger partial charge in [-0.25, -0.2) is 24.0 Å². The summed E-state index contributed by atoms with van der Waals surface area (Å²) in [6.45, 7) is 8.27. The molecule has 40 heavy (non-hydrogen) atoms. The maximum Gasteiger partial charge on any atom is 0.346 e. The number of hydrogen-bond acceptors (Lipinski definition) is 8. The number of benzene rings is 1. The topological polar surface area (TPSA) is 117 Å². The maximum absolute atomic E-state index is 14.2. The maximum atomic E-state index is 14.2. The standard InChI is InChI=1S/C28H21FN6O4S/c1-30-17-6-5-16(20(29)9-17)15-39-26-4-2-3-21(33-26)22-13-31-18(12-32-22)10-25-34-27-23(11-24(40-27)28(36)37)35(25)14-19-7-8-38-19/h2-6,9,11-13,19H,7-8,10,14-15H2,(H,36,37). The molecule has 0 spiro atoms. The number of aromatic carboxylic acids is 1. The number of ether oxygens (including phenoxy) is 2. The van der Waals surface area contributed by atoms with Crippen molar-refractivity contribution in [3.8, 4) is 17.3 Å². The molecule has 6 rings (SSSR count). The molecule has 1 N–H and O–H groups in total. The van der Waals surface area contributed by atoms with Crippen LogP contribution in [0.25, 0.3) is 26.6 Å². The first-order valence-corrected chi connectivity index (χ1v) is 13.2. The number of rotatable bonds is 9. The Hall–Kier alpha value is -4.73. The minimum Gasteiger partial charge on any atom is -0.477 e. The number of pyridine rings is 1. The zero-order valence-corrected chi connectivity index (χ0v) is 21.8. The lowest BCUT2D eigenvalue weighted by molar-refractivity contribution is -0.0589. The Balaban J connectivity index is 1.18. The third kappa shape index (κ3) is 5.25. The summed E-state index contributed by atoms with van der Waals surface area (Å²) in [5.41, 5.74) is 3.12. The number of thiophene rings is 1. The molecule has 0 aliphatic carbocycles. The highest BCUT2D eigenvalue weighted by atomic mass is 32.1. The van der Waals surface area contributed by atoms with E-state index < -0.39 is 11.8 Å². The number of carbonyl (C=O) groups is 1. The van der Waals surface area contributed by atoms with Crippen LogP contribution in [0.4, 0.5) is 10.1 Å². The van der Waals surface area contributed by atoms with Crippen molar-refractivity contribution in [3.63, 3.8) is 0 Å². The molecule has 1 fully saturated rings. The molecule has 1 unspecified atom stereocenters. The van der Waals surface area contributed by atoms with Crippen molar-refractivity contribution >= 4 is 33.3 Å². The molecule has 1 atom stereocenters. The lowest BCUT2D eigenvalue weighted by atomic mass is 10.2. The molecule has 200 valence electrons. The molecule has 1 aromatic carbocycles. The number of carboxylic acid groups (broad SMARTS) is 1. The normalized spacial score (nSPS) is 14.6. The van der Waals surface area contributed by atoms with Gasteiger partial charge < -0.3 is 19.1 Å². The van der Waals surface area contributed by atoms with Gasteiger partial charge in [-0.15, -0.1) is 11.3 Å². The summed E-state index contributed by atoms with van der Waals surface area (Å²) in [6.07, 6.45) is 4.72. The Morgan fingerprint density at radius 1 is 1.20 bits per heavy atom. The predicted molar refractivity (Wildman–Crippen MR) is 144 cm³/mol. The summed E-state index contributed by atoms with van der Waals surface area (Å²) in [4.78, 5) is 33.8. The van der Waals surface area contributed by atoms with E-state index in [4.69, 9.17) is 21.0 Å². The highest BCUT2D eigenvalue weighted by molar-refractivity contribution is 7.20. The SMILES string of the molecule is [C-]#[N+]c1ccc(COc2cccc(-c3cnc(Cc4nc5sc(C(=O)O)cc5n4CC4CCO4)cn3)n2)c(F)c1. The highest BCUT2D eigenvalue weighted by Gasteiger charge is 2.24. The fourth-order valence-corrected chi connectivity index (χ4v) is 5.18. The van der Waals surface area contributed by atoms with Crippen LogP contribution in [0.1, 0.15) is 33.2 Å². The molecule has 0 amide bonds. The van der Waals surface area contributed by atoms with Gasteiger partial charge in [0, 0.05) is 30.9 Å². The third-order valence-electron chi connectivity index (χ3n) is 6.49. The first-order chi connectivity index (χ1) is 19.5. The van der Waals surface area contributed by atoms with Crippen molar-refractivity contribution in [1.82, 2.24) is 24.5 Å². The van der Waals surface area contributed by atoms with E-state index in [-0.39, 0.29) is 23.3 Å². The second-order valence-electron chi connectivity index (χ2n) is 9.13. The first-order valence-electron chi connectivity index (χ1n) is 12.4. The molecule has 12 heteroatoms. The lowest BCUT2D eigenvalue weighted by Gasteiger charge is -2.27. The van der Waals surface area contributed by atoms with Crippen LogP contribution in [0.3, 0.4) is 0 Å². The second-order valence-corrected chi connectivity index (χ2v) is 10.2. The van der Waals surface area contributed by atoms with E-state index in [1.165, 1.54) is 12.1 Å². The van der Waals surface area contributed by atoms with Crippen LogP contribution in [-0.2, 0) is 24.3 Å². The Bertz CT molecular complexity index is 1760. The Kier molecular flexibility index (Phi) is 6.90. The number of fused-ring (bicyclic) bond motifs is 1. The number of halogens is 1. The molecule has 0 bridgehead atoms. The smallest absolute Gasteiger partial charge is 0.346 e. The lowest BCUT2D eigenvalue weighted by Crippen LogP contribution is -2.31. The molecule has 0 radical (unpaired) electrons. The van der Waals surface area contributed by atoms with Crippen LogP contribution in [-0.4, -0.2) is 48.3 Å². The summed E-state index contributed by atoms with van der Waals surface area (Å²) in [7, 11) is 0. The fraction of sp³-hybridized carbons (Fsp3) is 0.214. The van der Waals surface area contributed by atoms with Crippen molar-refractivity contribution in [3.05, 3.63) is 94.1 Å². The number of imidazole rings is 1. The van der Waals surface area contributed by atoms with E-state index in [9.17, 15) is 14.3 Å². The Morgan fingerprint density at radius 2 is 2.08 bits per heavy atom. The van der Waals surface area contributed by atoms with Gasteiger partial charge in [0.15, 0.2) is 5.69 Å². The van der Waals surface area contributed by atoms with Crippen molar-refractivity contribution in [1.29, 1.82) is 0 Å². The van der Waals surface area contributed by atoms with E-state index in [0.717, 1.165) is 35.7 Å². The minimum absolute atomic E-state index is 0.0326. The summed E-state index contributed by atoms with van der Waals surface area (Å²) < 4.78 is 27.5. The van der Waals surface area contributed by atoms with Crippen molar-refractivity contribution in [2.24, 2.45) is 0 Å². The van der Waals surface area contributed by atoms with Crippen LogP contribution in [0.15, 0.2) is 54.9 Å². The van der Waals surface area contributed by atoms with E-state index >= 15 is 0 Å². The average molecular weight is 557 g/mol. The van der Waals surface area contributed by atoms with Gasteiger partial charge in [0.2, 0.25) is 5.88 Å². The van der Waals surface area contributed by atoms with E-state index in [1.807, 2.05) is 4.57 Å². The van der Waals surface area contributed by atoms with E-state index in [2.05, 4.69) is 19.8 Å². The molecular formula is C28H21FN6O4S. The number of carboxylic acids is 1. The van der Waals surface area contributed by atoms with Crippen LogP contribution >= 0.6 is 11.3 Å². The second kappa shape index (κ2) is 10.8. The summed E-state index contributed by atoms with van der Waals surface area (Å²) in [6, 6.07) is 11.1. The fourth-order valence-electron chi connectivity index (χ4n) is 4.29. The number of hydrogen-bond donors (Lipinski definition) is 1. The monoisotopic (exact) mass is 556 g/mol. The van der Waals surface area contributed by atoms with Gasteiger partial charge in [0.1, 0.15) is 33.6 Å². The van der Waals surface area contributed by atoms with Gasteiger partial charge in [-0.3, -0.25) is 9.97 Å². The summed E-state index contributed by atoms with van der Waals surface area (Å²) in [5, 5.41) is 9.38. The van der Waals surface area contributed by atoms with E-state index in [0.29, 0.717) is 46.3 Å². The van der Waals surface area contributed by atoms with Gasteiger partial charge in [-0.1, -0.05) is 18.2 Å². The van der Waals surface area contributed by atoms with Gasteiger partial charge in [0.05, 0.1) is 42.3 Å². The quantitative estimate of drug-likeness (QED) is 0.243. The molecule has 1 aliphatic rings. The van der Waals surface area contributed by atoms with Crippen LogP contribution in [0.2, 0.25) is 0 Å².